The second-order valence-corrected chi connectivity index (χ2v) is 9.13. The molecule has 0 bridgehead atoms. The van der Waals surface area contributed by atoms with E-state index in [0.717, 1.165) is 17.0 Å². The summed E-state index contributed by atoms with van der Waals surface area (Å²) in [6.07, 6.45) is -10.9. The maximum Gasteiger partial charge on any atom is 0.416 e. The Labute approximate surface area is 205 Å². The molecule has 2 aliphatic rings. The molecule has 2 fully saturated rings. The lowest BCUT2D eigenvalue weighted by atomic mass is 9.74. The van der Waals surface area contributed by atoms with E-state index < -0.39 is 64.2 Å². The van der Waals surface area contributed by atoms with Gasteiger partial charge in [-0.1, -0.05) is 6.07 Å². The predicted octanol–water partition coefficient (Wildman–Crippen LogP) is 5.84. The summed E-state index contributed by atoms with van der Waals surface area (Å²) in [6, 6.07) is 3.92. The minimum absolute atomic E-state index is 0.0208. The fourth-order valence-electron chi connectivity index (χ4n) is 4.78. The summed E-state index contributed by atoms with van der Waals surface area (Å²) in [5.74, 6) is -3.86. The molecule has 0 N–H and O–H groups in total. The van der Waals surface area contributed by atoms with Crippen molar-refractivity contribution in [3.05, 3.63) is 70.3 Å². The maximum atomic E-state index is 13.9. The number of hydrogen-bond acceptors (Lipinski definition) is 3. The molecule has 13 heteroatoms. The molecule has 37 heavy (non-hydrogen) atoms. The minimum Gasteiger partial charge on any atom is -0.442 e. The van der Waals surface area contributed by atoms with Gasteiger partial charge in [-0.25, -0.2) is 13.6 Å². The number of hydrogen-bond donors (Lipinski definition) is 0. The van der Waals surface area contributed by atoms with Crippen LogP contribution in [-0.4, -0.2) is 54.1 Å². The maximum absolute atomic E-state index is 13.9. The van der Waals surface area contributed by atoms with E-state index in [-0.39, 0.29) is 38.5 Å². The van der Waals surface area contributed by atoms with Crippen molar-refractivity contribution in [2.24, 2.45) is 0 Å². The Bertz CT molecular complexity index is 1190. The van der Waals surface area contributed by atoms with Gasteiger partial charge in [-0.3, -0.25) is 4.79 Å². The predicted molar refractivity (Wildman–Crippen MR) is 113 cm³/mol. The molecule has 0 radical (unpaired) electrons. The highest BCUT2D eigenvalue weighted by molar-refractivity contribution is 5.94. The molecule has 2 aromatic rings. The van der Waals surface area contributed by atoms with Gasteiger partial charge in [0.2, 0.25) is 0 Å². The average molecular weight is 536 g/mol. The van der Waals surface area contributed by atoms with Gasteiger partial charge in [0.05, 0.1) is 11.1 Å². The SMILES string of the molecule is CN1CC(c2ccc(F)c(F)c2)C2(CCN(C(=O)c3cc(C(F)(F)F)cc(C(F)(F)F)c3)CC2)OC1=O. The first-order chi connectivity index (χ1) is 17.1. The normalized spacial score (nSPS) is 20.2. The molecule has 2 amide bonds. The Balaban J connectivity index is 1.61. The van der Waals surface area contributed by atoms with Gasteiger partial charge >= 0.3 is 18.4 Å². The molecule has 200 valence electrons. The summed E-state index contributed by atoms with van der Waals surface area (Å²) in [5, 5.41) is 0. The van der Waals surface area contributed by atoms with E-state index in [1.165, 1.54) is 18.0 Å². The number of likely N-dealkylation sites (N-methyl/N-ethyl adjacent to an activating group) is 1. The van der Waals surface area contributed by atoms with Crippen LogP contribution in [0.4, 0.5) is 39.9 Å². The van der Waals surface area contributed by atoms with Gasteiger partial charge < -0.3 is 14.5 Å². The second kappa shape index (κ2) is 9.18. The first-order valence-corrected chi connectivity index (χ1v) is 11.1. The molecule has 1 atom stereocenters. The topological polar surface area (TPSA) is 49.9 Å². The molecule has 0 aliphatic carbocycles. The fraction of sp³-hybridized carbons (Fsp3) is 0.417. The number of halogens is 8. The smallest absolute Gasteiger partial charge is 0.416 e. The van der Waals surface area contributed by atoms with E-state index in [0.29, 0.717) is 17.7 Å². The van der Waals surface area contributed by atoms with E-state index in [9.17, 15) is 44.7 Å². The number of amides is 2. The first-order valence-electron chi connectivity index (χ1n) is 11.1. The third-order valence-corrected chi connectivity index (χ3v) is 6.77. The number of ether oxygens (including phenoxy) is 1. The molecule has 2 aromatic carbocycles. The average Bonchev–Trinajstić information content (AvgIpc) is 2.82. The van der Waals surface area contributed by atoms with Gasteiger partial charge in [0.1, 0.15) is 5.60 Å². The summed E-state index contributed by atoms with van der Waals surface area (Å²) >= 11 is 0. The number of piperidine rings is 1. The molecular formula is C24H20F8N2O3. The zero-order valence-corrected chi connectivity index (χ0v) is 19.2. The Morgan fingerprint density at radius 3 is 2.00 bits per heavy atom. The van der Waals surface area contributed by atoms with Crippen LogP contribution in [0.3, 0.4) is 0 Å². The fourth-order valence-corrected chi connectivity index (χ4v) is 4.78. The molecule has 0 aromatic heterocycles. The Morgan fingerprint density at radius 2 is 1.49 bits per heavy atom. The summed E-state index contributed by atoms with van der Waals surface area (Å²) in [7, 11) is 1.45. The molecule has 2 heterocycles. The third-order valence-electron chi connectivity index (χ3n) is 6.77. The highest BCUT2D eigenvalue weighted by Gasteiger charge is 2.50. The third kappa shape index (κ3) is 5.21. The van der Waals surface area contributed by atoms with Gasteiger partial charge in [-0.2, -0.15) is 26.3 Å². The minimum atomic E-state index is -5.11. The van der Waals surface area contributed by atoms with Crippen LogP contribution in [0.25, 0.3) is 0 Å². The van der Waals surface area contributed by atoms with E-state index in [4.69, 9.17) is 4.74 Å². The van der Waals surface area contributed by atoms with Crippen molar-refractivity contribution in [3.8, 4) is 0 Å². The Hall–Kier alpha value is -3.38. The number of nitrogens with zero attached hydrogens (tertiary/aromatic N) is 2. The molecule has 5 nitrogen and oxygen atoms in total. The lowest BCUT2D eigenvalue weighted by molar-refractivity contribution is -0.143. The standard InChI is InChI=1S/C24H20F8N2O3/c1-33-12-17(13-2-3-18(25)19(26)10-13)22(37-21(33)36)4-6-34(7-5-22)20(35)14-8-15(23(27,28)29)11-16(9-14)24(30,31)32/h2-3,8-11,17H,4-7,12H2,1H3. The van der Waals surface area contributed by atoms with Gasteiger partial charge in [0, 0.05) is 51.0 Å². The lowest BCUT2D eigenvalue weighted by Gasteiger charge is -2.50. The molecular weight excluding hydrogens is 516 g/mol. The second-order valence-electron chi connectivity index (χ2n) is 9.13. The van der Waals surface area contributed by atoms with Crippen LogP contribution >= 0.6 is 0 Å². The zero-order valence-electron chi connectivity index (χ0n) is 19.2. The molecule has 2 saturated heterocycles. The van der Waals surface area contributed by atoms with Crippen LogP contribution in [0.1, 0.15) is 45.8 Å². The number of benzene rings is 2. The van der Waals surface area contributed by atoms with Gasteiger partial charge in [0.15, 0.2) is 11.6 Å². The van der Waals surface area contributed by atoms with Crippen molar-refractivity contribution < 1.29 is 49.4 Å². The van der Waals surface area contributed by atoms with Crippen molar-refractivity contribution in [2.45, 2.75) is 36.7 Å². The number of alkyl halides is 6. The first kappa shape index (κ1) is 26.7. The largest absolute Gasteiger partial charge is 0.442 e. The van der Waals surface area contributed by atoms with Gasteiger partial charge in [0.25, 0.3) is 5.91 Å². The Kier molecular flexibility index (Phi) is 6.62. The van der Waals surface area contributed by atoms with E-state index in [1.54, 1.807) is 0 Å². The van der Waals surface area contributed by atoms with Crippen LogP contribution in [0.15, 0.2) is 36.4 Å². The van der Waals surface area contributed by atoms with Crippen LogP contribution < -0.4 is 0 Å². The van der Waals surface area contributed by atoms with Crippen LogP contribution in [-0.2, 0) is 17.1 Å². The monoisotopic (exact) mass is 536 g/mol. The lowest BCUT2D eigenvalue weighted by Crippen LogP contribution is -2.58. The van der Waals surface area contributed by atoms with Crippen LogP contribution in [0.2, 0.25) is 0 Å². The zero-order chi connectivity index (χ0) is 27.3. The molecule has 4 rings (SSSR count). The summed E-state index contributed by atoms with van der Waals surface area (Å²) in [6.45, 7) is -0.234. The Morgan fingerprint density at radius 1 is 0.919 bits per heavy atom. The van der Waals surface area contributed by atoms with Crippen LogP contribution in [0, 0.1) is 11.6 Å². The van der Waals surface area contributed by atoms with E-state index >= 15 is 0 Å². The van der Waals surface area contributed by atoms with Crippen molar-refractivity contribution in [1.82, 2.24) is 9.80 Å². The number of likely N-dealkylation sites (tertiary alicyclic amines) is 1. The van der Waals surface area contributed by atoms with Crippen molar-refractivity contribution in [1.29, 1.82) is 0 Å². The number of carbonyl (C=O) groups is 2. The molecule has 0 saturated carbocycles. The molecule has 1 spiro atoms. The van der Waals surface area contributed by atoms with Crippen molar-refractivity contribution in [2.75, 3.05) is 26.7 Å². The summed E-state index contributed by atoms with van der Waals surface area (Å²) in [5.41, 5.74) is -4.90. The van der Waals surface area contributed by atoms with Crippen molar-refractivity contribution >= 4 is 12.0 Å². The number of carbonyl (C=O) groups excluding carboxylic acids is 2. The van der Waals surface area contributed by atoms with Gasteiger partial charge in [-0.05, 0) is 35.9 Å². The van der Waals surface area contributed by atoms with Crippen molar-refractivity contribution in [3.63, 3.8) is 0 Å². The summed E-state index contributed by atoms with van der Waals surface area (Å²) < 4.78 is 112. The molecule has 1 unspecified atom stereocenters. The number of rotatable bonds is 2. The van der Waals surface area contributed by atoms with E-state index in [2.05, 4.69) is 0 Å². The van der Waals surface area contributed by atoms with Gasteiger partial charge in [-0.15, -0.1) is 0 Å². The highest BCUT2D eigenvalue weighted by Crippen LogP contribution is 2.44. The van der Waals surface area contributed by atoms with Crippen LogP contribution in [0.5, 0.6) is 0 Å². The highest BCUT2D eigenvalue weighted by atomic mass is 19.4. The summed E-state index contributed by atoms with van der Waals surface area (Å²) in [4.78, 5) is 27.6. The van der Waals surface area contributed by atoms with E-state index in [1.807, 2.05) is 0 Å². The quantitative estimate of drug-likeness (QED) is 0.453. The molecule has 2 aliphatic heterocycles.